The summed E-state index contributed by atoms with van der Waals surface area (Å²) in [6.07, 6.45) is -4.63. The molecule has 3 nitrogen and oxygen atoms in total. The molecule has 0 saturated carbocycles. The fourth-order valence-electron chi connectivity index (χ4n) is 1.93. The van der Waals surface area contributed by atoms with E-state index in [1.54, 1.807) is 6.07 Å². The molecular weight excluding hydrogens is 380 g/mol. The van der Waals surface area contributed by atoms with Crippen LogP contribution < -0.4 is 5.73 Å². The summed E-state index contributed by atoms with van der Waals surface area (Å²) in [4.78, 5) is 1.81. The van der Waals surface area contributed by atoms with E-state index in [2.05, 4.69) is 4.98 Å². The first-order valence-electron chi connectivity index (χ1n) is 5.98. The predicted octanol–water partition coefficient (Wildman–Crippen LogP) is 5.42. The molecule has 2 aromatic rings. The van der Waals surface area contributed by atoms with Crippen molar-refractivity contribution in [3.8, 4) is 17.3 Å². The van der Waals surface area contributed by atoms with Gasteiger partial charge in [0.05, 0.1) is 26.7 Å². The maximum absolute atomic E-state index is 12.6. The van der Waals surface area contributed by atoms with Gasteiger partial charge in [-0.1, -0.05) is 17.7 Å². The maximum atomic E-state index is 12.6. The standard InChI is InChI=1S/C13H6ClF6N3S/c14-8-3-5(12(15,16)17)1-2-6(8)9-7(4-21)10(11(22)23-9)24-13(18,19)20/h1-3,23H,22H2. The molecule has 0 aliphatic carbocycles. The molecule has 1 aromatic carbocycles. The minimum absolute atomic E-state index is 0.0676. The van der Waals surface area contributed by atoms with Crippen molar-refractivity contribution in [1.82, 2.24) is 4.98 Å². The third-order valence-corrected chi connectivity index (χ3v) is 4.05. The number of alkyl halides is 6. The number of hydrogen-bond acceptors (Lipinski definition) is 3. The molecule has 0 atom stereocenters. The summed E-state index contributed by atoms with van der Waals surface area (Å²) in [5, 5.41) is 8.73. The fraction of sp³-hybridized carbons (Fsp3) is 0.154. The lowest BCUT2D eigenvalue weighted by molar-refractivity contribution is -0.137. The lowest BCUT2D eigenvalue weighted by atomic mass is 10.1. The van der Waals surface area contributed by atoms with Crippen molar-refractivity contribution in [2.75, 3.05) is 5.73 Å². The van der Waals surface area contributed by atoms with Crippen molar-refractivity contribution in [2.24, 2.45) is 0 Å². The van der Waals surface area contributed by atoms with Crippen LogP contribution in [0.1, 0.15) is 11.1 Å². The number of nitrogens with zero attached hydrogens (tertiary/aromatic N) is 1. The van der Waals surface area contributed by atoms with Crippen molar-refractivity contribution in [1.29, 1.82) is 5.26 Å². The van der Waals surface area contributed by atoms with E-state index >= 15 is 0 Å². The molecule has 0 saturated heterocycles. The first kappa shape index (κ1) is 18.4. The van der Waals surface area contributed by atoms with Gasteiger partial charge in [-0.05, 0) is 23.9 Å². The normalized spacial score (nSPS) is 12.2. The number of aromatic amines is 1. The monoisotopic (exact) mass is 385 g/mol. The second-order valence-corrected chi connectivity index (χ2v) is 5.95. The number of hydrogen-bond donors (Lipinski definition) is 2. The number of benzene rings is 1. The molecule has 128 valence electrons. The van der Waals surface area contributed by atoms with Crippen LogP contribution in [0.2, 0.25) is 5.02 Å². The molecule has 2 rings (SSSR count). The number of aromatic nitrogens is 1. The molecule has 0 bridgehead atoms. The maximum Gasteiger partial charge on any atom is 0.446 e. The SMILES string of the molecule is N#Cc1c(-c2ccc(C(F)(F)F)cc2Cl)[nH]c(N)c1SC(F)(F)F. The molecule has 0 unspecified atom stereocenters. The average Bonchev–Trinajstić information content (AvgIpc) is 2.72. The highest BCUT2D eigenvalue weighted by molar-refractivity contribution is 8.00. The van der Waals surface area contributed by atoms with Crippen LogP contribution in [0, 0.1) is 11.3 Å². The number of thioether (sulfide) groups is 1. The number of rotatable bonds is 2. The minimum Gasteiger partial charge on any atom is -0.384 e. The third-order valence-electron chi connectivity index (χ3n) is 2.88. The van der Waals surface area contributed by atoms with Crippen molar-refractivity contribution < 1.29 is 26.3 Å². The van der Waals surface area contributed by atoms with Crippen LogP contribution in [0.3, 0.4) is 0 Å². The summed E-state index contributed by atoms with van der Waals surface area (Å²) in [7, 11) is 0. The number of nitriles is 1. The number of nitrogens with two attached hydrogens (primary N) is 1. The van der Waals surface area contributed by atoms with Gasteiger partial charge in [0.2, 0.25) is 0 Å². The van der Waals surface area contributed by atoms with Gasteiger partial charge in [-0.25, -0.2) is 0 Å². The predicted molar refractivity (Wildman–Crippen MR) is 77.3 cm³/mol. The van der Waals surface area contributed by atoms with Crippen molar-refractivity contribution in [3.05, 3.63) is 34.3 Å². The van der Waals surface area contributed by atoms with E-state index in [4.69, 9.17) is 22.6 Å². The highest BCUT2D eigenvalue weighted by atomic mass is 35.5. The summed E-state index contributed by atoms with van der Waals surface area (Å²) >= 11 is 5.20. The Balaban J connectivity index is 2.58. The lowest BCUT2D eigenvalue weighted by Gasteiger charge is -2.09. The largest absolute Gasteiger partial charge is 0.446 e. The average molecular weight is 386 g/mol. The number of nitrogen functional groups attached to an aromatic ring is 1. The summed E-state index contributed by atoms with van der Waals surface area (Å²) in [6.45, 7) is 0. The molecule has 0 spiro atoms. The molecule has 0 radical (unpaired) electrons. The molecule has 0 amide bonds. The molecular formula is C13H6ClF6N3S. The summed E-state index contributed by atoms with van der Waals surface area (Å²) < 4.78 is 75.5. The Morgan fingerprint density at radius 3 is 2.25 bits per heavy atom. The Hall–Kier alpha value is -1.99. The Labute approximate surface area is 140 Å². The molecule has 24 heavy (non-hydrogen) atoms. The Bertz CT molecular complexity index is 819. The first-order valence-corrected chi connectivity index (χ1v) is 7.18. The molecule has 1 heterocycles. The third kappa shape index (κ3) is 3.73. The van der Waals surface area contributed by atoms with Crippen LogP contribution in [-0.4, -0.2) is 10.5 Å². The van der Waals surface area contributed by atoms with Crippen LogP contribution >= 0.6 is 23.4 Å². The topological polar surface area (TPSA) is 65.6 Å². The number of nitrogens with one attached hydrogen (secondary N) is 1. The van der Waals surface area contributed by atoms with Gasteiger partial charge in [-0.2, -0.15) is 31.6 Å². The smallest absolute Gasteiger partial charge is 0.384 e. The zero-order chi connectivity index (χ0) is 18.3. The van der Waals surface area contributed by atoms with Crippen molar-refractivity contribution in [3.63, 3.8) is 0 Å². The zero-order valence-corrected chi connectivity index (χ0v) is 12.9. The number of H-pyrrole nitrogens is 1. The molecule has 0 aliphatic rings. The zero-order valence-electron chi connectivity index (χ0n) is 11.3. The molecule has 0 aliphatic heterocycles. The van der Waals surface area contributed by atoms with Crippen LogP contribution in [0.5, 0.6) is 0 Å². The Morgan fingerprint density at radius 2 is 1.79 bits per heavy atom. The Morgan fingerprint density at radius 1 is 1.17 bits per heavy atom. The van der Waals surface area contributed by atoms with Crippen molar-refractivity contribution in [2.45, 2.75) is 16.6 Å². The molecule has 11 heteroatoms. The molecule has 0 fully saturated rings. The highest BCUT2D eigenvalue weighted by Gasteiger charge is 2.35. The van der Waals surface area contributed by atoms with Crippen molar-refractivity contribution >= 4 is 29.2 Å². The van der Waals surface area contributed by atoms with E-state index in [9.17, 15) is 26.3 Å². The van der Waals surface area contributed by atoms with E-state index < -0.39 is 45.3 Å². The highest BCUT2D eigenvalue weighted by Crippen LogP contribution is 2.45. The number of anilines is 1. The van der Waals surface area contributed by atoms with Gasteiger partial charge in [0, 0.05) is 5.56 Å². The van der Waals surface area contributed by atoms with Gasteiger partial charge in [0.25, 0.3) is 0 Å². The van der Waals surface area contributed by atoms with Gasteiger partial charge in [-0.3, -0.25) is 0 Å². The fourth-order valence-corrected chi connectivity index (χ4v) is 2.84. The summed E-state index contributed by atoms with van der Waals surface area (Å²) in [5.41, 5.74) is -0.954. The molecule has 1 aromatic heterocycles. The van der Waals surface area contributed by atoms with E-state index in [1.807, 2.05) is 0 Å². The van der Waals surface area contributed by atoms with Gasteiger partial charge < -0.3 is 10.7 Å². The Kier molecular flexibility index (Phi) is 4.70. The quantitative estimate of drug-likeness (QED) is 0.536. The van der Waals surface area contributed by atoms with Gasteiger partial charge in [0.1, 0.15) is 11.9 Å². The second kappa shape index (κ2) is 6.14. The lowest BCUT2D eigenvalue weighted by Crippen LogP contribution is -2.04. The summed E-state index contributed by atoms with van der Waals surface area (Å²) in [5.74, 6) is -0.431. The first-order chi connectivity index (χ1) is 10.9. The minimum atomic E-state index is -4.69. The number of halogens is 7. The van der Waals surface area contributed by atoms with Crippen LogP contribution in [0.4, 0.5) is 32.2 Å². The second-order valence-electron chi connectivity index (χ2n) is 4.47. The summed E-state index contributed by atoms with van der Waals surface area (Å²) in [6, 6.07) is 3.84. The van der Waals surface area contributed by atoms with Gasteiger partial charge in [0.15, 0.2) is 0 Å². The molecule has 3 N–H and O–H groups in total. The van der Waals surface area contributed by atoms with E-state index in [-0.39, 0.29) is 16.3 Å². The van der Waals surface area contributed by atoms with Crippen LogP contribution in [-0.2, 0) is 6.18 Å². The van der Waals surface area contributed by atoms with Gasteiger partial charge >= 0.3 is 11.7 Å². The van der Waals surface area contributed by atoms with E-state index in [1.165, 1.54) is 0 Å². The van der Waals surface area contributed by atoms with Crippen LogP contribution in [0.15, 0.2) is 23.1 Å². The van der Waals surface area contributed by atoms with E-state index in [0.29, 0.717) is 12.1 Å². The van der Waals surface area contributed by atoms with E-state index in [0.717, 1.165) is 6.07 Å². The van der Waals surface area contributed by atoms with Crippen LogP contribution in [0.25, 0.3) is 11.3 Å². The van der Waals surface area contributed by atoms with Gasteiger partial charge in [-0.15, -0.1) is 0 Å².